The molecule has 3 rings (SSSR count). The fourth-order valence-corrected chi connectivity index (χ4v) is 4.76. The summed E-state index contributed by atoms with van der Waals surface area (Å²) in [6.45, 7) is 1.66. The molecule has 1 atom stereocenters. The average Bonchev–Trinajstić information content (AvgIpc) is 2.84. The number of aryl methyl sites for hydroxylation is 2. The molecule has 2 aromatic heterocycles. The van der Waals surface area contributed by atoms with Crippen LogP contribution in [0.3, 0.4) is 0 Å². The van der Waals surface area contributed by atoms with E-state index in [9.17, 15) is 9.59 Å². The Morgan fingerprint density at radius 1 is 1.30 bits per heavy atom. The third kappa shape index (κ3) is 3.25. The monoisotopic (exact) mass is 351 g/mol. The second kappa shape index (κ2) is 6.32. The minimum atomic E-state index is -0.871. The summed E-state index contributed by atoms with van der Waals surface area (Å²) in [6.07, 6.45) is 4.45. The van der Waals surface area contributed by atoms with Gasteiger partial charge in [-0.15, -0.1) is 11.3 Å². The molecule has 1 unspecified atom stereocenters. The first-order chi connectivity index (χ1) is 11.0. The zero-order valence-corrected chi connectivity index (χ0v) is 14.2. The third-order valence-electron chi connectivity index (χ3n) is 3.72. The molecule has 5 N–H and O–H groups in total. The molecule has 0 bridgehead atoms. The van der Waals surface area contributed by atoms with Gasteiger partial charge in [0.25, 0.3) is 0 Å². The second-order valence-electron chi connectivity index (χ2n) is 5.40. The number of nitrogens with two attached hydrogens (primary N) is 2. The topological polar surface area (TPSA) is 124 Å². The molecule has 1 aliphatic rings. The zero-order valence-electron chi connectivity index (χ0n) is 12.6. The third-order valence-corrected chi connectivity index (χ3v) is 5.87. The van der Waals surface area contributed by atoms with E-state index in [4.69, 9.17) is 11.5 Å². The van der Waals surface area contributed by atoms with Crippen LogP contribution in [0.4, 0.5) is 10.6 Å². The van der Waals surface area contributed by atoms with E-state index in [0.29, 0.717) is 11.0 Å². The number of nitrogen functional groups attached to an aromatic ring is 1. The number of hydrogen-bond acceptors (Lipinski definition) is 7. The molecule has 0 saturated heterocycles. The number of thiophene rings is 1. The van der Waals surface area contributed by atoms with Gasteiger partial charge in [0.2, 0.25) is 5.91 Å². The van der Waals surface area contributed by atoms with Gasteiger partial charge in [0, 0.05) is 4.88 Å². The van der Waals surface area contributed by atoms with E-state index in [1.54, 1.807) is 18.3 Å². The summed E-state index contributed by atoms with van der Waals surface area (Å²) in [7, 11) is 0. The lowest BCUT2D eigenvalue weighted by Gasteiger charge is -2.11. The van der Waals surface area contributed by atoms with Crippen LogP contribution in [0.15, 0.2) is 5.16 Å². The van der Waals surface area contributed by atoms with E-state index >= 15 is 0 Å². The first kappa shape index (κ1) is 16.0. The largest absolute Gasteiger partial charge is 0.383 e. The van der Waals surface area contributed by atoms with Crippen molar-refractivity contribution in [1.29, 1.82) is 0 Å². The SMILES string of the molecule is CC(Sc1nc(N)c2c3c(sc2n1)CCCC3)C(=O)NC(N)=O. The minimum Gasteiger partial charge on any atom is -0.383 e. The Kier molecular flexibility index (Phi) is 4.40. The van der Waals surface area contributed by atoms with E-state index in [1.165, 1.54) is 23.3 Å². The van der Waals surface area contributed by atoms with Crippen molar-refractivity contribution in [2.75, 3.05) is 5.73 Å². The van der Waals surface area contributed by atoms with E-state index < -0.39 is 17.2 Å². The molecule has 23 heavy (non-hydrogen) atoms. The molecule has 0 spiro atoms. The molecule has 9 heteroatoms. The fraction of sp³-hybridized carbons (Fsp3) is 0.429. The molecule has 0 fully saturated rings. The highest BCUT2D eigenvalue weighted by Gasteiger charge is 2.22. The normalized spacial score (nSPS) is 15.2. The van der Waals surface area contributed by atoms with Crippen molar-refractivity contribution in [3.63, 3.8) is 0 Å². The predicted octanol–water partition coefficient (Wildman–Crippen LogP) is 1.83. The number of hydrogen-bond donors (Lipinski definition) is 3. The molecule has 0 aromatic carbocycles. The fourth-order valence-electron chi connectivity index (χ4n) is 2.65. The molecule has 0 aliphatic heterocycles. The Bertz CT molecular complexity index is 789. The summed E-state index contributed by atoms with van der Waals surface area (Å²) in [5.74, 6) is -0.0188. The number of carbonyl (C=O) groups excluding carboxylic acids is 2. The Labute approximate surface area is 141 Å². The first-order valence-corrected chi connectivity index (χ1v) is 9.00. The number of aromatic nitrogens is 2. The van der Waals surface area contributed by atoms with Gasteiger partial charge in [-0.05, 0) is 38.2 Å². The highest BCUT2D eigenvalue weighted by molar-refractivity contribution is 8.00. The van der Waals surface area contributed by atoms with Crippen molar-refractivity contribution < 1.29 is 9.59 Å². The summed E-state index contributed by atoms with van der Waals surface area (Å²) in [6, 6.07) is -0.871. The van der Waals surface area contributed by atoms with Crippen LogP contribution in [-0.4, -0.2) is 27.2 Å². The Hall–Kier alpha value is -1.87. The van der Waals surface area contributed by atoms with Crippen LogP contribution in [-0.2, 0) is 17.6 Å². The zero-order chi connectivity index (χ0) is 16.6. The second-order valence-corrected chi connectivity index (χ2v) is 7.79. The van der Waals surface area contributed by atoms with Gasteiger partial charge in [-0.3, -0.25) is 10.1 Å². The summed E-state index contributed by atoms with van der Waals surface area (Å²) < 4.78 is 0. The molecular formula is C14H17N5O2S2. The molecule has 122 valence electrons. The van der Waals surface area contributed by atoms with Crippen molar-refractivity contribution in [2.45, 2.75) is 43.0 Å². The van der Waals surface area contributed by atoms with Crippen molar-refractivity contribution in [3.05, 3.63) is 10.4 Å². The Morgan fingerprint density at radius 3 is 2.78 bits per heavy atom. The number of nitrogens with zero attached hydrogens (tertiary/aromatic N) is 2. The smallest absolute Gasteiger partial charge is 0.318 e. The van der Waals surface area contributed by atoms with E-state index in [0.717, 1.165) is 34.8 Å². The van der Waals surface area contributed by atoms with E-state index in [2.05, 4.69) is 9.97 Å². The molecular weight excluding hydrogens is 334 g/mol. The first-order valence-electron chi connectivity index (χ1n) is 7.30. The number of imide groups is 1. The van der Waals surface area contributed by atoms with Crippen LogP contribution in [0.1, 0.15) is 30.2 Å². The molecule has 0 radical (unpaired) electrons. The number of primary amides is 1. The van der Waals surface area contributed by atoms with Crippen LogP contribution < -0.4 is 16.8 Å². The number of amides is 3. The number of anilines is 1. The Morgan fingerprint density at radius 2 is 2.04 bits per heavy atom. The molecule has 0 saturated carbocycles. The standard InChI is InChI=1S/C14H17N5O2S2/c1-6(11(20)18-13(16)21)22-14-17-10(15)9-7-4-2-3-5-8(7)23-12(9)19-14/h6H,2-5H2,1H3,(H2,15,17,19)(H3,16,18,20,21). The number of fused-ring (bicyclic) bond motifs is 3. The number of urea groups is 1. The molecule has 2 heterocycles. The van der Waals surface area contributed by atoms with Crippen LogP contribution in [0.5, 0.6) is 0 Å². The average molecular weight is 351 g/mol. The number of carbonyl (C=O) groups is 2. The minimum absolute atomic E-state index is 0.431. The van der Waals surface area contributed by atoms with Crippen molar-refractivity contribution in [1.82, 2.24) is 15.3 Å². The predicted molar refractivity (Wildman–Crippen MR) is 91.5 cm³/mol. The lowest BCUT2D eigenvalue weighted by molar-refractivity contribution is -0.119. The molecule has 3 amide bonds. The maximum atomic E-state index is 11.7. The van der Waals surface area contributed by atoms with Gasteiger partial charge in [0.15, 0.2) is 5.16 Å². The van der Waals surface area contributed by atoms with E-state index in [1.807, 2.05) is 5.32 Å². The van der Waals surface area contributed by atoms with Crippen molar-refractivity contribution in [3.8, 4) is 0 Å². The van der Waals surface area contributed by atoms with Crippen LogP contribution in [0.2, 0.25) is 0 Å². The van der Waals surface area contributed by atoms with Gasteiger partial charge in [-0.2, -0.15) is 0 Å². The number of nitrogens with one attached hydrogen (secondary N) is 1. The Balaban J connectivity index is 1.88. The van der Waals surface area contributed by atoms with Gasteiger partial charge in [-0.25, -0.2) is 14.8 Å². The maximum absolute atomic E-state index is 11.7. The van der Waals surface area contributed by atoms with Gasteiger partial charge in [0.05, 0.1) is 10.6 Å². The lowest BCUT2D eigenvalue weighted by Crippen LogP contribution is -2.39. The number of rotatable bonds is 3. The number of thioether (sulfide) groups is 1. The highest BCUT2D eigenvalue weighted by atomic mass is 32.2. The van der Waals surface area contributed by atoms with Crippen LogP contribution in [0.25, 0.3) is 10.2 Å². The van der Waals surface area contributed by atoms with Crippen LogP contribution >= 0.6 is 23.1 Å². The van der Waals surface area contributed by atoms with E-state index in [-0.39, 0.29) is 0 Å². The van der Waals surface area contributed by atoms with Gasteiger partial charge < -0.3 is 11.5 Å². The quantitative estimate of drug-likeness (QED) is 0.572. The summed E-state index contributed by atoms with van der Waals surface area (Å²) in [5.41, 5.74) is 12.4. The molecule has 1 aliphatic carbocycles. The lowest BCUT2D eigenvalue weighted by atomic mass is 9.97. The van der Waals surface area contributed by atoms with Crippen LogP contribution in [0, 0.1) is 0 Å². The highest BCUT2D eigenvalue weighted by Crippen LogP contribution is 2.38. The maximum Gasteiger partial charge on any atom is 0.318 e. The summed E-state index contributed by atoms with van der Waals surface area (Å²) in [5, 5.41) is 2.89. The van der Waals surface area contributed by atoms with Gasteiger partial charge >= 0.3 is 6.03 Å². The van der Waals surface area contributed by atoms with Crippen molar-refractivity contribution in [2.24, 2.45) is 5.73 Å². The molecule has 7 nitrogen and oxygen atoms in total. The van der Waals surface area contributed by atoms with Gasteiger partial charge in [-0.1, -0.05) is 11.8 Å². The summed E-state index contributed by atoms with van der Waals surface area (Å²) in [4.78, 5) is 33.6. The summed E-state index contributed by atoms with van der Waals surface area (Å²) >= 11 is 2.81. The van der Waals surface area contributed by atoms with Gasteiger partial charge in [0.1, 0.15) is 10.6 Å². The molecule has 2 aromatic rings. The van der Waals surface area contributed by atoms with Crippen molar-refractivity contribution >= 4 is 51.1 Å².